The normalized spacial score (nSPS) is 15.2. The summed E-state index contributed by atoms with van der Waals surface area (Å²) in [6, 6.07) is 14.5. The van der Waals surface area contributed by atoms with Gasteiger partial charge in [0.05, 0.1) is 17.5 Å². The van der Waals surface area contributed by atoms with Gasteiger partial charge in [0.1, 0.15) is 11.6 Å². The number of hydrogen-bond donors (Lipinski definition) is 2. The number of nitrogens with two attached hydrogens (primary N) is 2. The van der Waals surface area contributed by atoms with E-state index < -0.39 is 0 Å². The lowest BCUT2D eigenvalue weighted by molar-refractivity contribution is 0.137. The highest BCUT2D eigenvalue weighted by Crippen LogP contribution is 2.30. The Kier molecular flexibility index (Phi) is 6.77. The van der Waals surface area contributed by atoms with Crippen molar-refractivity contribution in [1.29, 1.82) is 0 Å². The zero-order valence-electron chi connectivity index (χ0n) is 16.7. The van der Waals surface area contributed by atoms with Crippen molar-refractivity contribution in [2.45, 2.75) is 26.3 Å². The highest BCUT2D eigenvalue weighted by atomic mass is 35.5. The van der Waals surface area contributed by atoms with Crippen molar-refractivity contribution in [3.8, 4) is 5.75 Å². The maximum atomic E-state index is 6.13. The zero-order valence-corrected chi connectivity index (χ0v) is 17.5. The second kappa shape index (κ2) is 9.29. The third-order valence-corrected chi connectivity index (χ3v) is 5.44. The number of aromatic nitrogens is 2. The Labute approximate surface area is 177 Å². The number of fused-ring (bicyclic) bond motifs is 1. The quantitative estimate of drug-likeness (QED) is 0.660. The number of anilines is 2. The Morgan fingerprint density at radius 2 is 1.76 bits per heavy atom. The maximum Gasteiger partial charge on any atom is 0.222 e. The molecule has 4 N–H and O–H groups in total. The van der Waals surface area contributed by atoms with Crippen LogP contribution in [0.5, 0.6) is 5.75 Å². The second-order valence-electron chi connectivity index (χ2n) is 7.63. The monoisotopic (exact) mass is 413 g/mol. The fourth-order valence-corrected chi connectivity index (χ4v) is 3.79. The lowest BCUT2D eigenvalue weighted by atomic mass is 9.97. The van der Waals surface area contributed by atoms with Crippen molar-refractivity contribution in [2.75, 3.05) is 31.2 Å². The van der Waals surface area contributed by atoms with Crippen LogP contribution in [0.4, 0.5) is 11.8 Å². The average molecular weight is 414 g/mol. The predicted molar refractivity (Wildman–Crippen MR) is 120 cm³/mol. The van der Waals surface area contributed by atoms with Crippen LogP contribution in [0.1, 0.15) is 24.0 Å². The first-order valence-corrected chi connectivity index (χ1v) is 9.81. The third-order valence-electron chi connectivity index (χ3n) is 5.44. The van der Waals surface area contributed by atoms with E-state index in [2.05, 4.69) is 46.1 Å². The summed E-state index contributed by atoms with van der Waals surface area (Å²) in [5, 5.41) is 0.744. The van der Waals surface area contributed by atoms with Gasteiger partial charge in [0.15, 0.2) is 0 Å². The topological polar surface area (TPSA) is 90.3 Å². The highest BCUT2D eigenvalue weighted by Gasteiger charge is 2.20. The number of piperidine rings is 1. The second-order valence-corrected chi connectivity index (χ2v) is 7.63. The molecule has 0 unspecified atom stereocenters. The van der Waals surface area contributed by atoms with Crippen LogP contribution in [0.3, 0.4) is 0 Å². The largest absolute Gasteiger partial charge is 0.492 e. The van der Waals surface area contributed by atoms with Gasteiger partial charge in [0.2, 0.25) is 5.95 Å². The molecule has 0 aliphatic carbocycles. The molecule has 1 aliphatic heterocycles. The summed E-state index contributed by atoms with van der Waals surface area (Å²) in [4.78, 5) is 10.8. The number of likely N-dealkylation sites (tertiary alicyclic amines) is 1. The summed E-state index contributed by atoms with van der Waals surface area (Å²) >= 11 is 0. The van der Waals surface area contributed by atoms with Gasteiger partial charge in [0, 0.05) is 6.54 Å². The Hall–Kier alpha value is -2.57. The van der Waals surface area contributed by atoms with Crippen LogP contribution < -0.4 is 16.2 Å². The van der Waals surface area contributed by atoms with E-state index in [1.807, 2.05) is 18.2 Å². The minimum absolute atomic E-state index is 0. The molecule has 1 aliphatic rings. The lowest BCUT2D eigenvalue weighted by Crippen LogP contribution is -2.35. The third kappa shape index (κ3) is 5.08. The molecule has 0 atom stereocenters. The maximum absolute atomic E-state index is 6.13. The molecular formula is C22H28ClN5O. The number of nitrogens with zero attached hydrogens (tertiary/aromatic N) is 3. The minimum atomic E-state index is 0. The van der Waals surface area contributed by atoms with Gasteiger partial charge in [-0.2, -0.15) is 4.98 Å². The van der Waals surface area contributed by atoms with Crippen molar-refractivity contribution in [3.63, 3.8) is 0 Å². The van der Waals surface area contributed by atoms with Crippen LogP contribution in [-0.2, 0) is 6.54 Å². The number of hydrogen-bond acceptors (Lipinski definition) is 6. The molecular weight excluding hydrogens is 386 g/mol. The predicted octanol–water partition coefficient (Wildman–Crippen LogP) is 3.82. The van der Waals surface area contributed by atoms with E-state index >= 15 is 0 Å². The number of benzene rings is 2. The van der Waals surface area contributed by atoms with Crippen molar-refractivity contribution in [3.05, 3.63) is 53.6 Å². The highest BCUT2D eigenvalue weighted by molar-refractivity contribution is 5.94. The van der Waals surface area contributed by atoms with Crippen LogP contribution in [0.2, 0.25) is 0 Å². The summed E-state index contributed by atoms with van der Waals surface area (Å²) in [5.74, 6) is 1.83. The fraction of sp³-hybridized carbons (Fsp3) is 0.364. The van der Waals surface area contributed by atoms with Crippen LogP contribution in [-0.4, -0.2) is 34.6 Å². The van der Waals surface area contributed by atoms with Crippen molar-refractivity contribution >= 4 is 35.1 Å². The van der Waals surface area contributed by atoms with Crippen LogP contribution in [0, 0.1) is 12.8 Å². The molecule has 2 heterocycles. The number of rotatable bonds is 5. The van der Waals surface area contributed by atoms with Crippen LogP contribution in [0.25, 0.3) is 10.9 Å². The van der Waals surface area contributed by atoms with Gasteiger partial charge in [-0.1, -0.05) is 35.9 Å². The van der Waals surface area contributed by atoms with E-state index in [1.165, 1.54) is 11.1 Å². The Bertz CT molecular complexity index is 955. The van der Waals surface area contributed by atoms with Gasteiger partial charge in [-0.3, -0.25) is 4.90 Å². The summed E-state index contributed by atoms with van der Waals surface area (Å²) < 4.78 is 6.13. The summed E-state index contributed by atoms with van der Waals surface area (Å²) in [7, 11) is 0. The molecule has 2 aromatic carbocycles. The molecule has 0 bridgehead atoms. The molecule has 7 heteroatoms. The molecule has 0 saturated carbocycles. The van der Waals surface area contributed by atoms with E-state index in [0.717, 1.165) is 49.1 Å². The van der Waals surface area contributed by atoms with Gasteiger partial charge in [-0.05, 0) is 56.5 Å². The summed E-state index contributed by atoms with van der Waals surface area (Å²) in [6.45, 7) is 6.02. The summed E-state index contributed by atoms with van der Waals surface area (Å²) in [6.07, 6.45) is 2.27. The molecule has 3 aromatic rings. The molecule has 29 heavy (non-hydrogen) atoms. The zero-order chi connectivity index (χ0) is 19.5. The molecule has 0 amide bonds. The van der Waals surface area contributed by atoms with Crippen molar-refractivity contribution < 1.29 is 4.74 Å². The molecule has 1 aromatic heterocycles. The van der Waals surface area contributed by atoms with E-state index in [4.69, 9.17) is 16.2 Å². The number of ether oxygens (including phenoxy) is 1. The van der Waals surface area contributed by atoms with E-state index in [-0.39, 0.29) is 18.4 Å². The van der Waals surface area contributed by atoms with Crippen LogP contribution in [0.15, 0.2) is 42.5 Å². The molecule has 6 nitrogen and oxygen atoms in total. The van der Waals surface area contributed by atoms with Gasteiger partial charge in [0.25, 0.3) is 0 Å². The Morgan fingerprint density at radius 1 is 1.03 bits per heavy atom. The molecule has 0 spiro atoms. The van der Waals surface area contributed by atoms with Gasteiger partial charge >= 0.3 is 0 Å². The summed E-state index contributed by atoms with van der Waals surface area (Å²) in [5.41, 5.74) is 15.1. The average Bonchev–Trinajstić information content (AvgIpc) is 2.69. The molecule has 1 saturated heterocycles. The first-order valence-electron chi connectivity index (χ1n) is 9.81. The molecule has 0 radical (unpaired) electrons. The standard InChI is InChI=1S/C22H27N5O.ClH/c1-15-5-7-16(8-6-15)13-27-11-9-17(10-12-27)14-28-19-4-2-3-18-20(19)21(23)26-22(24)25-18;/h2-8,17H,9-14H2,1H3,(H4,23,24,25,26);1H. The number of nitrogen functional groups attached to an aromatic ring is 2. The van der Waals surface area contributed by atoms with Crippen molar-refractivity contribution in [1.82, 2.24) is 14.9 Å². The van der Waals surface area contributed by atoms with Gasteiger partial charge in [-0.15, -0.1) is 12.4 Å². The smallest absolute Gasteiger partial charge is 0.222 e. The molecule has 4 rings (SSSR count). The number of halogens is 1. The van der Waals surface area contributed by atoms with Gasteiger partial charge in [-0.25, -0.2) is 4.98 Å². The van der Waals surface area contributed by atoms with E-state index in [1.54, 1.807) is 0 Å². The Morgan fingerprint density at radius 3 is 2.48 bits per heavy atom. The van der Waals surface area contributed by atoms with Crippen molar-refractivity contribution in [2.24, 2.45) is 5.92 Å². The van der Waals surface area contributed by atoms with E-state index in [9.17, 15) is 0 Å². The van der Waals surface area contributed by atoms with E-state index in [0.29, 0.717) is 18.3 Å². The fourth-order valence-electron chi connectivity index (χ4n) is 3.79. The molecule has 154 valence electrons. The first-order chi connectivity index (χ1) is 13.6. The lowest BCUT2D eigenvalue weighted by Gasteiger charge is -2.32. The van der Waals surface area contributed by atoms with Gasteiger partial charge < -0.3 is 16.2 Å². The van der Waals surface area contributed by atoms with Crippen LogP contribution >= 0.6 is 12.4 Å². The first kappa shape index (κ1) is 21.1. The Balaban J connectivity index is 0.00000240. The molecule has 1 fully saturated rings. The minimum Gasteiger partial charge on any atom is -0.492 e. The number of aryl methyl sites for hydroxylation is 1. The SMILES string of the molecule is Cc1ccc(CN2CCC(COc3cccc4nc(N)nc(N)c34)CC2)cc1.Cl.